The smallest absolute Gasteiger partial charge is 0.258 e. The molecule has 2 aromatic carbocycles. The fourth-order valence-electron chi connectivity index (χ4n) is 3.88. The Balaban J connectivity index is 1.39. The summed E-state index contributed by atoms with van der Waals surface area (Å²) in [5.41, 5.74) is 6.95. The lowest BCUT2D eigenvalue weighted by Gasteiger charge is -2.13. The van der Waals surface area contributed by atoms with E-state index in [0.29, 0.717) is 5.75 Å². The number of imidazole rings is 1. The van der Waals surface area contributed by atoms with Crippen molar-refractivity contribution >= 4 is 22.8 Å². The van der Waals surface area contributed by atoms with E-state index in [1.54, 1.807) is 12.5 Å². The number of carbonyl (C=O) groups excluding carboxylic acids is 1. The van der Waals surface area contributed by atoms with Gasteiger partial charge in [0.25, 0.3) is 5.91 Å². The van der Waals surface area contributed by atoms with Crippen LogP contribution in [0.3, 0.4) is 0 Å². The van der Waals surface area contributed by atoms with Crippen LogP contribution in [0.25, 0.3) is 27.8 Å². The maximum absolute atomic E-state index is 11.9. The minimum absolute atomic E-state index is 0.0240. The Bertz CT molecular complexity index is 1440. The number of ether oxygens (including phenoxy) is 1. The fraction of sp³-hybridized carbons (Fsp3) is 0.148. The number of nitrogens with one attached hydrogen (secondary N) is 3. The number of anilines is 2. The van der Waals surface area contributed by atoms with Gasteiger partial charge < -0.3 is 19.8 Å². The van der Waals surface area contributed by atoms with Crippen molar-refractivity contribution < 1.29 is 9.53 Å². The second kappa shape index (κ2) is 9.72. The van der Waals surface area contributed by atoms with E-state index < -0.39 is 0 Å². The summed E-state index contributed by atoms with van der Waals surface area (Å²) in [7, 11) is 0. The van der Waals surface area contributed by atoms with Gasteiger partial charge in [0.05, 0.1) is 29.9 Å². The molecule has 8 heteroatoms. The highest BCUT2D eigenvalue weighted by Crippen LogP contribution is 2.31. The summed E-state index contributed by atoms with van der Waals surface area (Å²) < 4.78 is 7.70. The molecule has 0 spiro atoms. The van der Waals surface area contributed by atoms with Gasteiger partial charge in [0, 0.05) is 35.2 Å². The first-order valence-corrected chi connectivity index (χ1v) is 11.4. The van der Waals surface area contributed by atoms with E-state index in [2.05, 4.69) is 44.0 Å². The molecular formula is C27H26N6O2. The molecule has 0 aliphatic carbocycles. The molecule has 3 N–H and O–H groups in total. The van der Waals surface area contributed by atoms with E-state index in [-0.39, 0.29) is 18.6 Å². The van der Waals surface area contributed by atoms with Gasteiger partial charge in [-0.05, 0) is 55.3 Å². The van der Waals surface area contributed by atoms with Gasteiger partial charge in [-0.1, -0.05) is 24.3 Å². The lowest BCUT2D eigenvalue weighted by atomic mass is 10.1. The van der Waals surface area contributed by atoms with Crippen LogP contribution in [-0.4, -0.2) is 38.1 Å². The Morgan fingerprint density at radius 2 is 1.89 bits per heavy atom. The SMILES string of the molecule is CC(C)NC(=O)COc1cccc(-c2cc(Nc3ccc(-c4cn[nH]c4)cc3)c3cncn3c2)c1. The number of amides is 1. The molecule has 0 aliphatic heterocycles. The molecule has 3 aromatic heterocycles. The minimum atomic E-state index is -0.143. The number of aromatic nitrogens is 4. The molecule has 1 amide bonds. The molecular weight excluding hydrogens is 440 g/mol. The molecule has 0 fully saturated rings. The van der Waals surface area contributed by atoms with Crippen LogP contribution in [0, 0.1) is 0 Å². The summed E-state index contributed by atoms with van der Waals surface area (Å²) in [5.74, 6) is 0.493. The van der Waals surface area contributed by atoms with Crippen LogP contribution in [-0.2, 0) is 4.79 Å². The van der Waals surface area contributed by atoms with E-state index in [1.807, 2.05) is 73.2 Å². The highest BCUT2D eigenvalue weighted by atomic mass is 16.5. The van der Waals surface area contributed by atoms with Crippen LogP contribution in [0.15, 0.2) is 85.7 Å². The maximum Gasteiger partial charge on any atom is 0.258 e. The molecule has 3 heterocycles. The number of benzene rings is 2. The number of pyridine rings is 1. The quantitative estimate of drug-likeness (QED) is 0.298. The van der Waals surface area contributed by atoms with E-state index >= 15 is 0 Å². The summed E-state index contributed by atoms with van der Waals surface area (Å²) in [4.78, 5) is 16.3. The topological polar surface area (TPSA) is 96.3 Å². The van der Waals surface area contributed by atoms with Crippen molar-refractivity contribution in [2.24, 2.45) is 0 Å². The number of nitrogens with zero attached hydrogens (tertiary/aromatic N) is 3. The number of fused-ring (bicyclic) bond motifs is 1. The van der Waals surface area contributed by atoms with Crippen molar-refractivity contribution in [3.05, 3.63) is 85.7 Å². The van der Waals surface area contributed by atoms with Crippen molar-refractivity contribution in [2.45, 2.75) is 19.9 Å². The Morgan fingerprint density at radius 1 is 1.03 bits per heavy atom. The van der Waals surface area contributed by atoms with Gasteiger partial charge in [-0.3, -0.25) is 9.89 Å². The lowest BCUT2D eigenvalue weighted by Crippen LogP contribution is -2.34. The van der Waals surface area contributed by atoms with Crippen molar-refractivity contribution in [1.29, 1.82) is 0 Å². The second-order valence-corrected chi connectivity index (χ2v) is 8.56. The van der Waals surface area contributed by atoms with Gasteiger partial charge in [-0.2, -0.15) is 5.10 Å². The second-order valence-electron chi connectivity index (χ2n) is 8.56. The van der Waals surface area contributed by atoms with Crippen LogP contribution in [0.5, 0.6) is 5.75 Å². The molecule has 5 aromatic rings. The van der Waals surface area contributed by atoms with E-state index in [9.17, 15) is 4.79 Å². The van der Waals surface area contributed by atoms with Gasteiger partial charge in [-0.25, -0.2) is 4.98 Å². The van der Waals surface area contributed by atoms with Crippen LogP contribution in [0.4, 0.5) is 11.4 Å². The van der Waals surface area contributed by atoms with Crippen molar-refractivity contribution in [3.8, 4) is 28.0 Å². The largest absolute Gasteiger partial charge is 0.484 e. The van der Waals surface area contributed by atoms with Crippen LogP contribution in [0.1, 0.15) is 13.8 Å². The summed E-state index contributed by atoms with van der Waals surface area (Å²) in [6, 6.07) is 18.1. The van der Waals surface area contributed by atoms with Crippen LogP contribution in [0.2, 0.25) is 0 Å². The maximum atomic E-state index is 11.9. The average molecular weight is 467 g/mol. The zero-order valence-corrected chi connectivity index (χ0v) is 19.5. The molecule has 176 valence electrons. The zero-order chi connectivity index (χ0) is 24.2. The molecule has 0 saturated heterocycles. The van der Waals surface area contributed by atoms with Crippen LogP contribution < -0.4 is 15.4 Å². The number of aromatic amines is 1. The standard InChI is InChI=1S/C27H26N6O2/c1-18(2)31-27(34)16-35-24-5-3-4-20(10-24)21-11-25(26-14-28-17-33(26)15-21)32-23-8-6-19(7-9-23)22-12-29-30-13-22/h3-15,17-18,32H,16H2,1-2H3,(H,29,30)(H,31,34). The van der Waals surface area contributed by atoms with Crippen molar-refractivity contribution in [3.63, 3.8) is 0 Å². The third-order valence-corrected chi connectivity index (χ3v) is 5.50. The average Bonchev–Trinajstić information content (AvgIpc) is 3.56. The predicted octanol–water partition coefficient (Wildman–Crippen LogP) is 5.04. The third kappa shape index (κ3) is 5.16. The third-order valence-electron chi connectivity index (χ3n) is 5.50. The number of rotatable bonds is 8. The Hall–Kier alpha value is -4.59. The van der Waals surface area contributed by atoms with Crippen LogP contribution >= 0.6 is 0 Å². The lowest BCUT2D eigenvalue weighted by molar-refractivity contribution is -0.123. The molecule has 0 aliphatic rings. The zero-order valence-electron chi connectivity index (χ0n) is 19.5. The Kier molecular flexibility index (Phi) is 6.17. The van der Waals surface area contributed by atoms with E-state index in [4.69, 9.17) is 4.74 Å². The minimum Gasteiger partial charge on any atom is -0.484 e. The molecule has 0 saturated carbocycles. The summed E-state index contributed by atoms with van der Waals surface area (Å²) in [5, 5.41) is 13.2. The molecule has 0 atom stereocenters. The fourth-order valence-corrected chi connectivity index (χ4v) is 3.88. The number of carbonyl (C=O) groups is 1. The van der Waals surface area contributed by atoms with Crippen molar-refractivity contribution in [1.82, 2.24) is 24.9 Å². The van der Waals surface area contributed by atoms with Gasteiger partial charge in [0.1, 0.15) is 5.75 Å². The molecule has 35 heavy (non-hydrogen) atoms. The molecule has 0 bridgehead atoms. The molecule has 5 rings (SSSR count). The van der Waals surface area contributed by atoms with Crippen molar-refractivity contribution in [2.75, 3.05) is 11.9 Å². The van der Waals surface area contributed by atoms with E-state index in [0.717, 1.165) is 39.1 Å². The number of hydrogen-bond acceptors (Lipinski definition) is 5. The molecule has 0 unspecified atom stereocenters. The Morgan fingerprint density at radius 3 is 2.66 bits per heavy atom. The molecule has 8 nitrogen and oxygen atoms in total. The summed E-state index contributed by atoms with van der Waals surface area (Å²) in [6.45, 7) is 3.82. The highest BCUT2D eigenvalue weighted by Gasteiger charge is 2.10. The van der Waals surface area contributed by atoms with Gasteiger partial charge in [0.15, 0.2) is 6.61 Å². The predicted molar refractivity (Wildman–Crippen MR) is 137 cm³/mol. The number of hydrogen-bond donors (Lipinski definition) is 3. The monoisotopic (exact) mass is 466 g/mol. The Labute approximate surface area is 203 Å². The summed E-state index contributed by atoms with van der Waals surface area (Å²) >= 11 is 0. The first-order valence-electron chi connectivity index (χ1n) is 11.4. The first kappa shape index (κ1) is 22.2. The van der Waals surface area contributed by atoms with Gasteiger partial charge in [0.2, 0.25) is 0 Å². The summed E-state index contributed by atoms with van der Waals surface area (Å²) in [6.07, 6.45) is 9.31. The first-order chi connectivity index (χ1) is 17.0. The molecule has 0 radical (unpaired) electrons. The number of H-pyrrole nitrogens is 1. The van der Waals surface area contributed by atoms with E-state index in [1.165, 1.54) is 0 Å². The normalized spacial score (nSPS) is 11.1. The van der Waals surface area contributed by atoms with Gasteiger partial charge >= 0.3 is 0 Å². The highest BCUT2D eigenvalue weighted by molar-refractivity contribution is 5.82. The van der Waals surface area contributed by atoms with Gasteiger partial charge in [-0.15, -0.1) is 0 Å².